The van der Waals surface area contributed by atoms with Crippen LogP contribution in [-0.4, -0.2) is 61.5 Å². The topological polar surface area (TPSA) is 102 Å². The van der Waals surface area contributed by atoms with Gasteiger partial charge in [-0.25, -0.2) is 4.98 Å². The molecule has 34 heavy (non-hydrogen) atoms. The third-order valence-corrected chi connectivity index (χ3v) is 8.10. The normalized spacial score (nSPS) is 20.4. The lowest BCUT2D eigenvalue weighted by Crippen LogP contribution is -2.49. The number of nitrogens with zero attached hydrogens (tertiary/aromatic N) is 6. The van der Waals surface area contributed by atoms with E-state index in [9.17, 15) is 0 Å². The van der Waals surface area contributed by atoms with Gasteiger partial charge in [0.15, 0.2) is 5.65 Å². The molecule has 0 radical (unpaired) electrons. The van der Waals surface area contributed by atoms with E-state index in [0.29, 0.717) is 11.6 Å². The van der Waals surface area contributed by atoms with Crippen molar-refractivity contribution in [2.45, 2.75) is 18.9 Å². The maximum Gasteiger partial charge on any atom is 0.213 e. The summed E-state index contributed by atoms with van der Waals surface area (Å²) < 4.78 is 9.56. The van der Waals surface area contributed by atoms with Crippen LogP contribution < -0.4 is 10.6 Å². The van der Waals surface area contributed by atoms with E-state index in [1.54, 1.807) is 4.68 Å². The molecule has 2 aliphatic rings. The second-order valence-electron chi connectivity index (χ2n) is 9.59. The van der Waals surface area contributed by atoms with E-state index in [-0.39, 0.29) is 11.5 Å². The predicted molar refractivity (Wildman–Crippen MR) is 132 cm³/mol. The van der Waals surface area contributed by atoms with Gasteiger partial charge in [-0.15, -0.1) is 0 Å². The van der Waals surface area contributed by atoms with Crippen molar-refractivity contribution in [3.63, 3.8) is 0 Å². The van der Waals surface area contributed by atoms with Crippen LogP contribution in [0.15, 0.2) is 36.9 Å². The fourth-order valence-corrected chi connectivity index (χ4v) is 6.00. The summed E-state index contributed by atoms with van der Waals surface area (Å²) in [5, 5.41) is 7.03. The minimum Gasteiger partial charge on any atom is -0.379 e. The third-order valence-electron chi connectivity index (χ3n) is 7.69. The number of halogens is 1. The molecule has 2 saturated heterocycles. The van der Waals surface area contributed by atoms with Crippen molar-refractivity contribution in [3.8, 4) is 11.1 Å². The maximum absolute atomic E-state index is 6.85. The number of imidazole rings is 1. The number of aromatic amines is 1. The number of piperidine rings is 1. The molecular weight excluding hydrogens is 452 g/mol. The lowest BCUT2D eigenvalue weighted by atomic mass is 9.75. The molecule has 0 unspecified atom stereocenters. The molecule has 0 bridgehead atoms. The second kappa shape index (κ2) is 7.18. The Kier molecular flexibility index (Phi) is 4.28. The van der Waals surface area contributed by atoms with Gasteiger partial charge in [0.2, 0.25) is 5.95 Å². The van der Waals surface area contributed by atoms with Crippen LogP contribution in [0.25, 0.3) is 38.7 Å². The molecule has 6 heterocycles. The number of hydrogen-bond acceptors (Lipinski definition) is 6. The van der Waals surface area contributed by atoms with Gasteiger partial charge in [0.1, 0.15) is 5.65 Å². The van der Waals surface area contributed by atoms with Crippen molar-refractivity contribution in [2.24, 2.45) is 18.2 Å². The second-order valence-corrected chi connectivity index (χ2v) is 9.97. The first-order valence-electron chi connectivity index (χ1n) is 11.6. The molecule has 5 aromatic rings. The Morgan fingerprint density at radius 3 is 2.88 bits per heavy atom. The van der Waals surface area contributed by atoms with Crippen LogP contribution in [0, 0.1) is 5.41 Å². The van der Waals surface area contributed by atoms with Gasteiger partial charge in [-0.3, -0.25) is 9.08 Å². The molecule has 1 aromatic carbocycles. The average Bonchev–Trinajstić information content (AvgIpc) is 3.61. The highest BCUT2D eigenvalue weighted by Gasteiger charge is 2.44. The van der Waals surface area contributed by atoms with Gasteiger partial charge in [-0.05, 0) is 18.9 Å². The molecular formula is C24H25ClN8O. The summed E-state index contributed by atoms with van der Waals surface area (Å²) in [6.45, 7) is 3.20. The molecule has 9 nitrogen and oxygen atoms in total. The van der Waals surface area contributed by atoms with E-state index in [4.69, 9.17) is 32.0 Å². The zero-order chi connectivity index (χ0) is 23.0. The smallest absolute Gasteiger partial charge is 0.213 e. The fraction of sp³-hybridized carbons (Fsp3) is 0.375. The molecule has 174 valence electrons. The monoisotopic (exact) mass is 476 g/mol. The van der Waals surface area contributed by atoms with Gasteiger partial charge < -0.3 is 20.4 Å². The summed E-state index contributed by atoms with van der Waals surface area (Å²) in [6, 6.07) is 4.14. The molecule has 10 heteroatoms. The summed E-state index contributed by atoms with van der Waals surface area (Å²) in [5.74, 6) is 0.893. The van der Waals surface area contributed by atoms with Crippen molar-refractivity contribution < 1.29 is 4.74 Å². The van der Waals surface area contributed by atoms with Crippen LogP contribution in [0.3, 0.4) is 0 Å². The number of ether oxygens (including phenoxy) is 1. The van der Waals surface area contributed by atoms with Crippen molar-refractivity contribution in [1.29, 1.82) is 0 Å². The number of benzene rings is 1. The highest BCUT2D eigenvalue weighted by atomic mass is 35.5. The molecule has 7 rings (SSSR count). The number of nitrogens with two attached hydrogens (primary N) is 1. The molecule has 1 atom stereocenters. The summed E-state index contributed by atoms with van der Waals surface area (Å²) in [4.78, 5) is 15.5. The molecule has 2 fully saturated rings. The van der Waals surface area contributed by atoms with Gasteiger partial charge >= 0.3 is 0 Å². The third kappa shape index (κ3) is 2.77. The zero-order valence-corrected chi connectivity index (χ0v) is 19.6. The highest BCUT2D eigenvalue weighted by molar-refractivity contribution is 6.38. The van der Waals surface area contributed by atoms with Gasteiger partial charge in [0.05, 0.1) is 29.1 Å². The van der Waals surface area contributed by atoms with Crippen molar-refractivity contribution in [3.05, 3.63) is 41.9 Å². The molecule has 0 saturated carbocycles. The van der Waals surface area contributed by atoms with Crippen molar-refractivity contribution in [1.82, 2.24) is 29.1 Å². The quantitative estimate of drug-likeness (QED) is 0.405. The van der Waals surface area contributed by atoms with E-state index in [1.165, 1.54) is 0 Å². The van der Waals surface area contributed by atoms with Gasteiger partial charge in [0, 0.05) is 72.9 Å². The Bertz CT molecular complexity index is 1560. The Morgan fingerprint density at radius 2 is 2.09 bits per heavy atom. The number of H-pyrrole nitrogens is 1. The number of anilines is 1. The van der Waals surface area contributed by atoms with E-state index < -0.39 is 0 Å². The number of fused-ring (bicyclic) bond motifs is 4. The van der Waals surface area contributed by atoms with Crippen molar-refractivity contribution >= 4 is 45.1 Å². The Morgan fingerprint density at radius 1 is 1.24 bits per heavy atom. The minimum absolute atomic E-state index is 0.0932. The lowest BCUT2D eigenvalue weighted by molar-refractivity contribution is 0.131. The van der Waals surface area contributed by atoms with E-state index in [0.717, 1.165) is 77.2 Å². The van der Waals surface area contributed by atoms with Crippen molar-refractivity contribution in [2.75, 3.05) is 31.2 Å². The number of rotatable bonds is 2. The van der Waals surface area contributed by atoms with Crippen LogP contribution in [0.2, 0.25) is 5.02 Å². The molecule has 1 spiro atoms. The molecule has 0 aliphatic carbocycles. The van der Waals surface area contributed by atoms with Crippen LogP contribution >= 0.6 is 11.6 Å². The average molecular weight is 477 g/mol. The fourth-order valence-electron chi connectivity index (χ4n) is 5.69. The number of aryl methyl sites for hydroxylation is 1. The summed E-state index contributed by atoms with van der Waals surface area (Å²) >= 11 is 6.85. The first-order valence-corrected chi connectivity index (χ1v) is 12.0. The number of aromatic nitrogens is 6. The molecule has 4 aromatic heterocycles. The van der Waals surface area contributed by atoms with Crippen LogP contribution in [0.1, 0.15) is 12.8 Å². The maximum atomic E-state index is 6.85. The Balaban J connectivity index is 1.33. The largest absolute Gasteiger partial charge is 0.379 e. The van der Waals surface area contributed by atoms with E-state index >= 15 is 0 Å². The number of nitrogens with one attached hydrogen (secondary N) is 1. The van der Waals surface area contributed by atoms with E-state index in [1.807, 2.05) is 44.0 Å². The highest BCUT2D eigenvalue weighted by Crippen LogP contribution is 2.41. The van der Waals surface area contributed by atoms with Gasteiger partial charge in [-0.2, -0.15) is 10.1 Å². The van der Waals surface area contributed by atoms with E-state index in [2.05, 4.69) is 19.4 Å². The molecule has 3 N–H and O–H groups in total. The summed E-state index contributed by atoms with van der Waals surface area (Å²) in [6.07, 6.45) is 9.73. The predicted octanol–water partition coefficient (Wildman–Crippen LogP) is 3.36. The summed E-state index contributed by atoms with van der Waals surface area (Å²) in [5.41, 5.74) is 10.9. The summed E-state index contributed by atoms with van der Waals surface area (Å²) in [7, 11) is 1.90. The van der Waals surface area contributed by atoms with Gasteiger partial charge in [0.25, 0.3) is 0 Å². The Labute approximate surface area is 200 Å². The molecule has 2 aliphatic heterocycles. The van der Waals surface area contributed by atoms with Crippen LogP contribution in [0.5, 0.6) is 0 Å². The van der Waals surface area contributed by atoms with Crippen LogP contribution in [0.4, 0.5) is 5.95 Å². The lowest BCUT2D eigenvalue weighted by Gasteiger charge is -2.41. The SMILES string of the molecule is Cn1cc2c(Cl)c(-c3c[nH]c4nc(N5CCC6(CC5)COC[C@H]6N)n5ccnc5c34)ccc2n1. The first-order chi connectivity index (χ1) is 16.5. The number of hydrogen-bond donors (Lipinski definition) is 2. The first kappa shape index (κ1) is 20.3. The zero-order valence-electron chi connectivity index (χ0n) is 18.8. The minimum atomic E-state index is 0.0932. The van der Waals surface area contributed by atoms with Crippen LogP contribution in [-0.2, 0) is 11.8 Å². The molecule has 0 amide bonds. The Hall–Kier alpha value is -3.14. The van der Waals surface area contributed by atoms with Gasteiger partial charge in [-0.1, -0.05) is 17.7 Å². The standard InChI is InChI=1S/C24H25ClN8O/c1-31-11-16-17(30-31)3-2-14(20(16)25)15-10-28-21-19(15)22-27-6-9-33(22)23(29-21)32-7-4-24(5-8-32)13-34-12-18(24)26/h2-3,6,9-11,18,28H,4-5,7-8,12-13,26H2,1H3/t18-/m1/s1.